The summed E-state index contributed by atoms with van der Waals surface area (Å²) < 4.78 is 10.5. The third-order valence-corrected chi connectivity index (χ3v) is 2.75. The first-order chi connectivity index (χ1) is 9.67. The van der Waals surface area contributed by atoms with Gasteiger partial charge in [-0.25, -0.2) is 0 Å². The van der Waals surface area contributed by atoms with E-state index in [9.17, 15) is 4.79 Å². The predicted molar refractivity (Wildman–Crippen MR) is 78.6 cm³/mol. The Kier molecular flexibility index (Phi) is 4.85. The first-order valence-corrected chi connectivity index (χ1v) is 6.37. The number of amides is 1. The molecule has 2 aromatic carbocycles. The normalized spacial score (nSPS) is 9.90. The zero-order valence-electron chi connectivity index (χ0n) is 10.9. The minimum Gasteiger partial charge on any atom is -0.497 e. The average molecular weight is 292 g/mol. The van der Waals surface area contributed by atoms with Crippen LogP contribution < -0.4 is 14.8 Å². The van der Waals surface area contributed by atoms with Gasteiger partial charge in [0, 0.05) is 16.8 Å². The molecule has 20 heavy (non-hydrogen) atoms. The first kappa shape index (κ1) is 14.2. The molecule has 0 unspecified atom stereocenters. The van der Waals surface area contributed by atoms with Crippen LogP contribution in [0.4, 0.5) is 5.69 Å². The molecule has 0 aliphatic carbocycles. The molecule has 2 aromatic rings. The second-order valence-electron chi connectivity index (χ2n) is 4.03. The topological polar surface area (TPSA) is 47.6 Å². The second-order valence-corrected chi connectivity index (χ2v) is 4.46. The third-order valence-electron chi connectivity index (χ3n) is 2.52. The van der Waals surface area contributed by atoms with E-state index in [2.05, 4.69) is 5.32 Å². The third kappa shape index (κ3) is 4.17. The SMILES string of the molecule is COc1cccc(OCC(=O)Nc2cccc(Cl)c2)c1. The lowest BCUT2D eigenvalue weighted by Gasteiger charge is -2.08. The van der Waals surface area contributed by atoms with Gasteiger partial charge in [0.15, 0.2) is 6.61 Å². The van der Waals surface area contributed by atoms with Crippen molar-refractivity contribution in [3.05, 3.63) is 53.6 Å². The van der Waals surface area contributed by atoms with Gasteiger partial charge in [-0.1, -0.05) is 23.7 Å². The molecule has 0 radical (unpaired) electrons. The van der Waals surface area contributed by atoms with Crippen LogP contribution in [0.5, 0.6) is 11.5 Å². The summed E-state index contributed by atoms with van der Waals surface area (Å²) in [5, 5.41) is 3.27. The summed E-state index contributed by atoms with van der Waals surface area (Å²) in [5.74, 6) is 0.999. The Morgan fingerprint density at radius 1 is 1.15 bits per heavy atom. The van der Waals surface area contributed by atoms with Crippen LogP contribution in [0.25, 0.3) is 0 Å². The minimum atomic E-state index is -0.255. The number of hydrogen-bond acceptors (Lipinski definition) is 3. The Labute approximate surface area is 122 Å². The zero-order chi connectivity index (χ0) is 14.4. The van der Waals surface area contributed by atoms with Gasteiger partial charge >= 0.3 is 0 Å². The number of anilines is 1. The number of nitrogens with one attached hydrogen (secondary N) is 1. The lowest BCUT2D eigenvalue weighted by atomic mass is 10.3. The van der Waals surface area contributed by atoms with E-state index in [-0.39, 0.29) is 12.5 Å². The Balaban J connectivity index is 1.88. The summed E-state index contributed by atoms with van der Waals surface area (Å²) in [5.41, 5.74) is 0.636. The molecule has 0 aliphatic rings. The molecule has 0 fully saturated rings. The van der Waals surface area contributed by atoms with Crippen LogP contribution in [0.1, 0.15) is 0 Å². The van der Waals surface area contributed by atoms with Crippen molar-refractivity contribution in [1.82, 2.24) is 0 Å². The fourth-order valence-electron chi connectivity index (χ4n) is 1.60. The minimum absolute atomic E-state index is 0.0836. The fourth-order valence-corrected chi connectivity index (χ4v) is 1.79. The highest BCUT2D eigenvalue weighted by Gasteiger charge is 2.04. The molecule has 1 N–H and O–H groups in total. The number of ether oxygens (including phenoxy) is 2. The standard InChI is InChI=1S/C15H14ClNO3/c1-19-13-6-3-7-14(9-13)20-10-15(18)17-12-5-2-4-11(16)8-12/h2-9H,10H2,1H3,(H,17,18). The van der Waals surface area contributed by atoms with E-state index in [0.29, 0.717) is 22.2 Å². The summed E-state index contributed by atoms with van der Waals surface area (Å²) in [6, 6.07) is 14.0. The van der Waals surface area contributed by atoms with E-state index in [1.807, 2.05) is 0 Å². The number of halogens is 1. The van der Waals surface area contributed by atoms with Crippen molar-refractivity contribution in [2.24, 2.45) is 0 Å². The smallest absolute Gasteiger partial charge is 0.262 e. The number of carbonyl (C=O) groups is 1. The van der Waals surface area contributed by atoms with Gasteiger partial charge in [-0.15, -0.1) is 0 Å². The molecule has 0 saturated carbocycles. The van der Waals surface area contributed by atoms with Crippen LogP contribution in [0.3, 0.4) is 0 Å². The van der Waals surface area contributed by atoms with Gasteiger partial charge in [0.25, 0.3) is 5.91 Å². The summed E-state index contributed by atoms with van der Waals surface area (Å²) >= 11 is 5.84. The average Bonchev–Trinajstić information content (AvgIpc) is 2.45. The van der Waals surface area contributed by atoms with Crippen molar-refractivity contribution in [3.8, 4) is 11.5 Å². The highest BCUT2D eigenvalue weighted by atomic mass is 35.5. The maximum atomic E-state index is 11.7. The molecule has 0 aliphatic heterocycles. The number of carbonyl (C=O) groups excluding carboxylic acids is 1. The van der Waals surface area contributed by atoms with E-state index >= 15 is 0 Å². The Morgan fingerprint density at radius 2 is 1.90 bits per heavy atom. The van der Waals surface area contributed by atoms with Crippen LogP contribution in [0.2, 0.25) is 5.02 Å². The Morgan fingerprint density at radius 3 is 2.65 bits per heavy atom. The number of rotatable bonds is 5. The van der Waals surface area contributed by atoms with Gasteiger partial charge in [0.1, 0.15) is 11.5 Å². The van der Waals surface area contributed by atoms with E-state index in [1.54, 1.807) is 55.6 Å². The molecule has 0 saturated heterocycles. The highest BCUT2D eigenvalue weighted by Crippen LogP contribution is 2.19. The molecule has 2 rings (SSSR count). The fraction of sp³-hybridized carbons (Fsp3) is 0.133. The van der Waals surface area contributed by atoms with Crippen molar-refractivity contribution in [1.29, 1.82) is 0 Å². The zero-order valence-corrected chi connectivity index (χ0v) is 11.7. The van der Waals surface area contributed by atoms with Crippen LogP contribution in [0.15, 0.2) is 48.5 Å². The maximum Gasteiger partial charge on any atom is 0.262 e. The molecular weight excluding hydrogens is 278 g/mol. The Hall–Kier alpha value is -2.20. The van der Waals surface area contributed by atoms with Crippen LogP contribution in [-0.2, 0) is 4.79 Å². The van der Waals surface area contributed by atoms with Gasteiger partial charge < -0.3 is 14.8 Å². The molecule has 0 bridgehead atoms. The van der Waals surface area contributed by atoms with Crippen LogP contribution >= 0.6 is 11.6 Å². The monoisotopic (exact) mass is 291 g/mol. The summed E-state index contributed by atoms with van der Waals surface area (Å²) in [7, 11) is 1.57. The summed E-state index contributed by atoms with van der Waals surface area (Å²) in [4.78, 5) is 11.7. The van der Waals surface area contributed by atoms with E-state index in [1.165, 1.54) is 0 Å². The van der Waals surface area contributed by atoms with E-state index in [0.717, 1.165) is 0 Å². The van der Waals surface area contributed by atoms with Crippen molar-refractivity contribution >= 4 is 23.2 Å². The molecule has 0 atom stereocenters. The van der Waals surface area contributed by atoms with Crippen LogP contribution in [0, 0.1) is 0 Å². The largest absolute Gasteiger partial charge is 0.497 e. The van der Waals surface area contributed by atoms with Crippen LogP contribution in [-0.4, -0.2) is 19.6 Å². The van der Waals surface area contributed by atoms with Gasteiger partial charge in [-0.2, -0.15) is 0 Å². The predicted octanol–water partition coefficient (Wildman–Crippen LogP) is 3.37. The van der Waals surface area contributed by atoms with Gasteiger partial charge in [-0.05, 0) is 30.3 Å². The summed E-state index contributed by atoms with van der Waals surface area (Å²) in [6.45, 7) is -0.0836. The second kappa shape index (κ2) is 6.82. The quantitative estimate of drug-likeness (QED) is 0.919. The molecular formula is C15H14ClNO3. The lowest BCUT2D eigenvalue weighted by Crippen LogP contribution is -2.20. The molecule has 0 spiro atoms. The Bertz CT molecular complexity index is 601. The van der Waals surface area contributed by atoms with Gasteiger partial charge in [-0.3, -0.25) is 4.79 Å². The van der Waals surface area contributed by atoms with Crippen molar-refractivity contribution in [3.63, 3.8) is 0 Å². The van der Waals surface area contributed by atoms with E-state index < -0.39 is 0 Å². The highest BCUT2D eigenvalue weighted by molar-refractivity contribution is 6.30. The molecule has 4 nitrogen and oxygen atoms in total. The lowest BCUT2D eigenvalue weighted by molar-refractivity contribution is -0.118. The molecule has 104 valence electrons. The number of benzene rings is 2. The van der Waals surface area contributed by atoms with E-state index in [4.69, 9.17) is 21.1 Å². The molecule has 1 amide bonds. The maximum absolute atomic E-state index is 11.7. The summed E-state index contributed by atoms with van der Waals surface area (Å²) in [6.07, 6.45) is 0. The van der Waals surface area contributed by atoms with Gasteiger partial charge in [0.05, 0.1) is 7.11 Å². The van der Waals surface area contributed by atoms with Crippen molar-refractivity contribution < 1.29 is 14.3 Å². The molecule has 5 heteroatoms. The molecule has 0 aromatic heterocycles. The van der Waals surface area contributed by atoms with Crippen molar-refractivity contribution in [2.45, 2.75) is 0 Å². The number of hydrogen-bond donors (Lipinski definition) is 1. The first-order valence-electron chi connectivity index (χ1n) is 5.99. The number of methoxy groups -OCH3 is 1. The van der Waals surface area contributed by atoms with Gasteiger partial charge in [0.2, 0.25) is 0 Å². The molecule has 0 heterocycles. The van der Waals surface area contributed by atoms with Crippen molar-refractivity contribution in [2.75, 3.05) is 19.0 Å².